The summed E-state index contributed by atoms with van der Waals surface area (Å²) in [4.78, 5) is 7.09. The van der Waals surface area contributed by atoms with Crippen LogP contribution in [0.5, 0.6) is 0 Å². The van der Waals surface area contributed by atoms with Crippen LogP contribution >= 0.6 is 0 Å². The number of pyridine rings is 1. The van der Waals surface area contributed by atoms with E-state index in [4.69, 9.17) is 0 Å². The van der Waals surface area contributed by atoms with E-state index in [-0.39, 0.29) is 0 Å². The van der Waals surface area contributed by atoms with Gasteiger partial charge in [0.1, 0.15) is 0 Å². The quantitative estimate of drug-likeness (QED) is 0.707. The molecule has 0 N–H and O–H groups in total. The molecule has 0 radical (unpaired) electrons. The highest BCUT2D eigenvalue weighted by atomic mass is 15.2. The average molecular weight is 333 g/mol. The van der Waals surface area contributed by atoms with E-state index in [2.05, 4.69) is 65.6 Å². The molecule has 1 atom stereocenters. The van der Waals surface area contributed by atoms with Gasteiger partial charge in [0.2, 0.25) is 0 Å². The maximum Gasteiger partial charge on any atom is 0.0486 e. The normalized spacial score (nSPS) is 17.8. The van der Waals surface area contributed by atoms with Gasteiger partial charge in [-0.15, -0.1) is 0 Å². The van der Waals surface area contributed by atoms with Crippen LogP contribution in [0.25, 0.3) is 10.9 Å². The molecule has 2 aromatic heterocycles. The SMILES string of the molecule is CCN1Cc2c(n(CCc3ccccn3)c3ccc(C)cc23)CC1C. The van der Waals surface area contributed by atoms with Crippen molar-refractivity contribution < 1.29 is 0 Å². The fourth-order valence-electron chi connectivity index (χ4n) is 4.22. The van der Waals surface area contributed by atoms with Gasteiger partial charge in [-0.1, -0.05) is 24.6 Å². The predicted molar refractivity (Wildman–Crippen MR) is 104 cm³/mol. The first-order valence-corrected chi connectivity index (χ1v) is 9.42. The summed E-state index contributed by atoms with van der Waals surface area (Å²) < 4.78 is 2.56. The van der Waals surface area contributed by atoms with Gasteiger partial charge in [0, 0.05) is 60.5 Å². The first-order chi connectivity index (χ1) is 12.2. The Morgan fingerprint density at radius 2 is 2.08 bits per heavy atom. The molecular formula is C22H27N3. The van der Waals surface area contributed by atoms with E-state index < -0.39 is 0 Å². The molecule has 0 saturated carbocycles. The van der Waals surface area contributed by atoms with Crippen molar-refractivity contribution in [1.29, 1.82) is 0 Å². The highest BCUT2D eigenvalue weighted by Crippen LogP contribution is 2.33. The molecule has 0 spiro atoms. The van der Waals surface area contributed by atoms with E-state index in [0.717, 1.165) is 32.5 Å². The molecule has 1 aromatic carbocycles. The number of rotatable bonds is 4. The molecule has 1 unspecified atom stereocenters. The molecule has 25 heavy (non-hydrogen) atoms. The van der Waals surface area contributed by atoms with Crippen molar-refractivity contribution in [3.63, 3.8) is 0 Å². The van der Waals surface area contributed by atoms with E-state index >= 15 is 0 Å². The Kier molecular flexibility index (Phi) is 4.34. The number of benzene rings is 1. The second-order valence-electron chi connectivity index (χ2n) is 7.28. The van der Waals surface area contributed by atoms with E-state index in [0.29, 0.717) is 6.04 Å². The highest BCUT2D eigenvalue weighted by molar-refractivity contribution is 5.86. The third-order valence-corrected chi connectivity index (χ3v) is 5.64. The molecule has 0 bridgehead atoms. The van der Waals surface area contributed by atoms with Crippen molar-refractivity contribution in [2.75, 3.05) is 6.54 Å². The van der Waals surface area contributed by atoms with E-state index in [1.165, 1.54) is 27.9 Å². The molecule has 1 aliphatic rings. The zero-order valence-electron chi connectivity index (χ0n) is 15.5. The monoisotopic (exact) mass is 333 g/mol. The van der Waals surface area contributed by atoms with Crippen LogP contribution in [-0.4, -0.2) is 27.0 Å². The largest absolute Gasteiger partial charge is 0.344 e. The minimum Gasteiger partial charge on any atom is -0.344 e. The fraction of sp³-hybridized carbons (Fsp3) is 0.409. The molecule has 4 rings (SSSR count). The molecule has 3 aromatic rings. The molecule has 130 valence electrons. The molecule has 3 heterocycles. The van der Waals surface area contributed by atoms with Crippen LogP contribution in [0, 0.1) is 6.92 Å². The third-order valence-electron chi connectivity index (χ3n) is 5.64. The Morgan fingerprint density at radius 3 is 2.84 bits per heavy atom. The van der Waals surface area contributed by atoms with Crippen molar-refractivity contribution in [3.05, 3.63) is 65.1 Å². The van der Waals surface area contributed by atoms with Crippen molar-refractivity contribution >= 4 is 10.9 Å². The van der Waals surface area contributed by atoms with Crippen molar-refractivity contribution in [2.24, 2.45) is 0 Å². The minimum absolute atomic E-state index is 0.608. The number of hydrogen-bond acceptors (Lipinski definition) is 2. The van der Waals surface area contributed by atoms with Gasteiger partial charge in [-0.25, -0.2) is 0 Å². The number of likely N-dealkylation sites (N-methyl/N-ethyl adjacent to an activating group) is 1. The molecular weight excluding hydrogens is 306 g/mol. The molecule has 0 amide bonds. The second-order valence-corrected chi connectivity index (χ2v) is 7.28. The number of hydrogen-bond donors (Lipinski definition) is 0. The second kappa shape index (κ2) is 6.64. The standard InChI is InChI=1S/C22H27N3/c1-4-24-15-20-19-13-16(2)8-9-21(19)25(22(20)14-17(24)3)12-10-18-7-5-6-11-23-18/h5-9,11,13,17H,4,10,12,14-15H2,1-3H3. The van der Waals surface area contributed by atoms with Crippen molar-refractivity contribution in [3.8, 4) is 0 Å². The Bertz CT molecular complexity index is 879. The summed E-state index contributed by atoms with van der Waals surface area (Å²) in [6.45, 7) is 10.0. The van der Waals surface area contributed by atoms with Gasteiger partial charge < -0.3 is 4.57 Å². The third kappa shape index (κ3) is 2.98. The number of nitrogens with zero attached hydrogens (tertiary/aromatic N) is 3. The van der Waals surface area contributed by atoms with E-state index in [1.807, 2.05) is 12.3 Å². The Balaban J connectivity index is 1.77. The summed E-state index contributed by atoms with van der Waals surface area (Å²) >= 11 is 0. The summed E-state index contributed by atoms with van der Waals surface area (Å²) in [7, 11) is 0. The Hall–Kier alpha value is -2.13. The molecule has 0 fully saturated rings. The molecule has 3 heteroatoms. The fourth-order valence-corrected chi connectivity index (χ4v) is 4.22. The molecule has 1 aliphatic heterocycles. The van der Waals surface area contributed by atoms with Crippen LogP contribution in [0.15, 0.2) is 42.6 Å². The lowest BCUT2D eigenvalue weighted by Crippen LogP contribution is -2.38. The predicted octanol–water partition coefficient (Wildman–Crippen LogP) is 4.35. The van der Waals surface area contributed by atoms with Crippen LogP contribution in [0.2, 0.25) is 0 Å². The number of aromatic nitrogens is 2. The lowest BCUT2D eigenvalue weighted by atomic mass is 9.99. The van der Waals surface area contributed by atoms with Crippen LogP contribution in [-0.2, 0) is 25.9 Å². The number of fused-ring (bicyclic) bond motifs is 3. The minimum atomic E-state index is 0.608. The maximum atomic E-state index is 4.50. The maximum absolute atomic E-state index is 4.50. The van der Waals surface area contributed by atoms with Gasteiger partial charge in [0.25, 0.3) is 0 Å². The molecule has 0 aliphatic carbocycles. The summed E-state index contributed by atoms with van der Waals surface area (Å²) in [6, 6.07) is 13.7. The van der Waals surface area contributed by atoms with E-state index in [9.17, 15) is 0 Å². The average Bonchev–Trinajstić information content (AvgIpc) is 2.92. The van der Waals surface area contributed by atoms with Crippen molar-refractivity contribution in [1.82, 2.24) is 14.5 Å². The van der Waals surface area contributed by atoms with Gasteiger partial charge in [-0.3, -0.25) is 9.88 Å². The summed E-state index contributed by atoms with van der Waals surface area (Å²) in [5.74, 6) is 0. The molecule has 3 nitrogen and oxygen atoms in total. The van der Waals surface area contributed by atoms with Gasteiger partial charge in [0.05, 0.1) is 0 Å². The van der Waals surface area contributed by atoms with Crippen LogP contribution < -0.4 is 0 Å². The van der Waals surface area contributed by atoms with Crippen LogP contribution in [0.4, 0.5) is 0 Å². The topological polar surface area (TPSA) is 21.1 Å². The van der Waals surface area contributed by atoms with Crippen LogP contribution in [0.1, 0.15) is 36.4 Å². The van der Waals surface area contributed by atoms with Crippen molar-refractivity contribution in [2.45, 2.75) is 52.7 Å². The lowest BCUT2D eigenvalue weighted by molar-refractivity contribution is 0.192. The van der Waals surface area contributed by atoms with Gasteiger partial charge in [-0.2, -0.15) is 0 Å². The first-order valence-electron chi connectivity index (χ1n) is 9.42. The lowest BCUT2D eigenvalue weighted by Gasteiger charge is -2.33. The highest BCUT2D eigenvalue weighted by Gasteiger charge is 2.27. The Morgan fingerprint density at radius 1 is 1.20 bits per heavy atom. The van der Waals surface area contributed by atoms with Gasteiger partial charge in [-0.05, 0) is 50.2 Å². The zero-order chi connectivity index (χ0) is 17.4. The molecule has 0 saturated heterocycles. The summed E-state index contributed by atoms with van der Waals surface area (Å²) in [5, 5.41) is 1.45. The Labute approximate surface area is 150 Å². The summed E-state index contributed by atoms with van der Waals surface area (Å²) in [5.41, 5.74) is 6.98. The number of aryl methyl sites for hydroxylation is 3. The van der Waals surface area contributed by atoms with Crippen LogP contribution in [0.3, 0.4) is 0 Å². The van der Waals surface area contributed by atoms with Gasteiger partial charge >= 0.3 is 0 Å². The van der Waals surface area contributed by atoms with Gasteiger partial charge in [0.15, 0.2) is 0 Å². The summed E-state index contributed by atoms with van der Waals surface area (Å²) in [6.07, 6.45) is 4.01. The first kappa shape index (κ1) is 16.3. The smallest absolute Gasteiger partial charge is 0.0486 e. The zero-order valence-corrected chi connectivity index (χ0v) is 15.5. The van der Waals surface area contributed by atoms with E-state index in [1.54, 1.807) is 5.56 Å².